The van der Waals surface area contributed by atoms with Crippen LogP contribution in [0.1, 0.15) is 18.1 Å². The summed E-state index contributed by atoms with van der Waals surface area (Å²) in [5.74, 6) is -0.0720. The number of carbonyl (C=O) groups is 1. The number of hydrogen-bond donors (Lipinski definition) is 1. The van der Waals surface area contributed by atoms with E-state index in [0.29, 0.717) is 44.4 Å². The van der Waals surface area contributed by atoms with E-state index in [1.54, 1.807) is 4.90 Å². The van der Waals surface area contributed by atoms with E-state index in [1.165, 1.54) is 12.3 Å². The number of halogens is 2. The van der Waals surface area contributed by atoms with Crippen LogP contribution < -0.4 is 5.73 Å². The van der Waals surface area contributed by atoms with Gasteiger partial charge in [0.2, 0.25) is 5.91 Å². The monoisotopic (exact) mass is 478 g/mol. The predicted octanol–water partition coefficient (Wildman–Crippen LogP) is 3.42. The smallest absolute Gasteiger partial charge is 0.223 e. The van der Waals surface area contributed by atoms with Crippen molar-refractivity contribution in [3.05, 3.63) is 72.0 Å². The molecule has 35 heavy (non-hydrogen) atoms. The summed E-state index contributed by atoms with van der Waals surface area (Å²) in [5.41, 5.74) is 6.64. The van der Waals surface area contributed by atoms with Crippen LogP contribution in [0.3, 0.4) is 0 Å². The van der Waals surface area contributed by atoms with Crippen molar-refractivity contribution >= 4 is 22.6 Å². The largest absolute Gasteiger partial charge is 0.441 e. The molecule has 3 heterocycles. The second-order valence-electron chi connectivity index (χ2n) is 8.41. The zero-order chi connectivity index (χ0) is 24.4. The minimum absolute atomic E-state index is 0.00760. The number of aryl methyl sites for hydroxylation is 1. The molecule has 2 aromatic carbocycles. The van der Waals surface area contributed by atoms with Crippen LogP contribution in [-0.4, -0.2) is 56.8 Å². The van der Waals surface area contributed by atoms with Gasteiger partial charge in [0, 0.05) is 44.4 Å². The quantitative estimate of drug-likeness (QED) is 0.453. The third-order valence-electron chi connectivity index (χ3n) is 6.08. The van der Waals surface area contributed by atoms with Crippen LogP contribution in [0, 0.1) is 11.6 Å². The highest BCUT2D eigenvalue weighted by molar-refractivity contribution is 5.87. The molecular formula is C25H24F2N6O2. The molecule has 5 rings (SSSR count). The molecule has 1 saturated heterocycles. The van der Waals surface area contributed by atoms with Crippen LogP contribution in [0.25, 0.3) is 22.2 Å². The zero-order valence-corrected chi connectivity index (χ0v) is 19.0. The van der Waals surface area contributed by atoms with E-state index in [1.807, 2.05) is 24.3 Å². The van der Waals surface area contributed by atoms with Crippen molar-refractivity contribution in [1.29, 1.82) is 0 Å². The lowest BCUT2D eigenvalue weighted by atomic mass is 10.1. The maximum atomic E-state index is 14.0. The van der Waals surface area contributed by atoms with Gasteiger partial charge < -0.3 is 15.1 Å². The number of nitrogens with zero attached hydrogens (tertiary/aromatic N) is 5. The molecule has 180 valence electrons. The Kier molecular flexibility index (Phi) is 6.37. The van der Waals surface area contributed by atoms with E-state index in [0.717, 1.165) is 23.0 Å². The highest BCUT2D eigenvalue weighted by Crippen LogP contribution is 2.27. The molecule has 8 nitrogen and oxygen atoms in total. The summed E-state index contributed by atoms with van der Waals surface area (Å²) in [4.78, 5) is 29.8. The fourth-order valence-electron chi connectivity index (χ4n) is 4.22. The van der Waals surface area contributed by atoms with E-state index in [-0.39, 0.29) is 36.0 Å². The minimum Gasteiger partial charge on any atom is -0.441 e. The Hall–Kier alpha value is -3.92. The first-order valence-corrected chi connectivity index (χ1v) is 11.4. The molecule has 1 aliphatic rings. The summed E-state index contributed by atoms with van der Waals surface area (Å²) < 4.78 is 33.4. The maximum absolute atomic E-state index is 14.0. The number of benzene rings is 2. The summed E-state index contributed by atoms with van der Waals surface area (Å²) in [6, 6.07) is 11.2. The molecule has 2 aromatic heterocycles. The van der Waals surface area contributed by atoms with E-state index >= 15 is 0 Å². The number of piperazine rings is 1. The second-order valence-corrected chi connectivity index (χ2v) is 8.41. The van der Waals surface area contributed by atoms with Crippen molar-refractivity contribution in [2.45, 2.75) is 19.4 Å². The molecule has 10 heteroatoms. The minimum atomic E-state index is -0.724. The molecule has 1 fully saturated rings. The van der Waals surface area contributed by atoms with Crippen molar-refractivity contribution < 1.29 is 18.0 Å². The topological polar surface area (TPSA) is 101 Å². The highest BCUT2D eigenvalue weighted by Gasteiger charge is 2.23. The maximum Gasteiger partial charge on any atom is 0.223 e. The average Bonchev–Trinajstić information content (AvgIpc) is 3.31. The number of nitrogens with two attached hydrogens (primary N) is 1. The molecule has 0 unspecified atom stereocenters. The van der Waals surface area contributed by atoms with Crippen molar-refractivity contribution in [1.82, 2.24) is 24.8 Å². The molecule has 0 aliphatic carbocycles. The van der Waals surface area contributed by atoms with Gasteiger partial charge in [0.15, 0.2) is 11.7 Å². The number of rotatable bonds is 6. The first-order valence-electron chi connectivity index (χ1n) is 11.4. The van der Waals surface area contributed by atoms with Gasteiger partial charge in [0.05, 0.1) is 23.8 Å². The molecule has 1 amide bonds. The van der Waals surface area contributed by atoms with Crippen LogP contribution in [0.15, 0.2) is 53.1 Å². The number of para-hydroxylation sites is 1. The Morgan fingerprint density at radius 3 is 2.51 bits per heavy atom. The molecule has 2 N–H and O–H groups in total. The van der Waals surface area contributed by atoms with Gasteiger partial charge in [-0.25, -0.2) is 23.7 Å². The van der Waals surface area contributed by atoms with Crippen LogP contribution in [0.4, 0.5) is 14.6 Å². The average molecular weight is 479 g/mol. The number of aromatic nitrogens is 3. The molecule has 0 atom stereocenters. The van der Waals surface area contributed by atoms with Crippen LogP contribution in [-0.2, 0) is 17.8 Å². The number of amides is 1. The number of carbonyl (C=O) groups excluding carboxylic acids is 1. The molecule has 0 radical (unpaired) electrons. The molecule has 0 saturated carbocycles. The van der Waals surface area contributed by atoms with Gasteiger partial charge in [-0.3, -0.25) is 9.69 Å². The summed E-state index contributed by atoms with van der Waals surface area (Å²) in [7, 11) is 0. The normalized spacial score (nSPS) is 14.5. The summed E-state index contributed by atoms with van der Waals surface area (Å²) in [6.45, 7) is 3.11. The summed E-state index contributed by atoms with van der Waals surface area (Å²) in [6.07, 6.45) is 1.73. The van der Waals surface area contributed by atoms with Gasteiger partial charge in [0.25, 0.3) is 0 Å². The Labute approximate surface area is 200 Å². The number of hydrogen-bond acceptors (Lipinski definition) is 7. The third-order valence-corrected chi connectivity index (χ3v) is 6.08. The van der Waals surface area contributed by atoms with E-state index in [9.17, 15) is 13.6 Å². The van der Waals surface area contributed by atoms with Gasteiger partial charge in [-0.2, -0.15) is 0 Å². The Bertz CT molecular complexity index is 1350. The number of oxazole rings is 1. The van der Waals surface area contributed by atoms with E-state index < -0.39 is 11.6 Å². The van der Waals surface area contributed by atoms with Gasteiger partial charge in [-0.1, -0.05) is 18.2 Å². The Morgan fingerprint density at radius 2 is 1.74 bits per heavy atom. The molecule has 0 bridgehead atoms. The van der Waals surface area contributed by atoms with Crippen molar-refractivity contribution in [3.8, 4) is 11.3 Å². The van der Waals surface area contributed by atoms with Crippen molar-refractivity contribution in [2.75, 3.05) is 31.9 Å². The van der Waals surface area contributed by atoms with Gasteiger partial charge in [0.1, 0.15) is 23.3 Å². The predicted molar refractivity (Wildman–Crippen MR) is 126 cm³/mol. The molecule has 4 aromatic rings. The zero-order valence-electron chi connectivity index (χ0n) is 19.0. The first-order chi connectivity index (χ1) is 17.0. The van der Waals surface area contributed by atoms with Crippen LogP contribution in [0.5, 0.6) is 0 Å². The van der Waals surface area contributed by atoms with Crippen LogP contribution >= 0.6 is 0 Å². The lowest BCUT2D eigenvalue weighted by Crippen LogP contribution is -2.48. The summed E-state index contributed by atoms with van der Waals surface area (Å²) >= 11 is 0. The lowest BCUT2D eigenvalue weighted by Gasteiger charge is -2.34. The number of nitrogen functional groups attached to an aromatic ring is 1. The van der Waals surface area contributed by atoms with Gasteiger partial charge in [-0.15, -0.1) is 0 Å². The Balaban J connectivity index is 1.13. The standard InChI is InChI=1S/C25H24F2N6O2/c26-17-5-3-6-18(27)24(17)20-14-29-22(35-20)8-9-23(34)33-12-10-32(11-13-33)15-21-30-19-7-2-1-4-16(19)25(28)31-21/h1-7,14H,8-13,15H2,(H2,28,30,31). The molecule has 1 aliphatic heterocycles. The molecule has 0 spiro atoms. The number of anilines is 1. The van der Waals surface area contributed by atoms with Crippen molar-refractivity contribution in [2.24, 2.45) is 0 Å². The number of fused-ring (bicyclic) bond motifs is 1. The first kappa shape index (κ1) is 22.9. The van der Waals surface area contributed by atoms with Crippen molar-refractivity contribution in [3.63, 3.8) is 0 Å². The highest BCUT2D eigenvalue weighted by atomic mass is 19.1. The van der Waals surface area contributed by atoms with Gasteiger partial charge in [-0.05, 0) is 24.3 Å². The third kappa shape index (κ3) is 4.97. The van der Waals surface area contributed by atoms with Gasteiger partial charge >= 0.3 is 0 Å². The van der Waals surface area contributed by atoms with Crippen LogP contribution in [0.2, 0.25) is 0 Å². The summed E-state index contributed by atoms with van der Waals surface area (Å²) in [5, 5.41) is 0.837. The SMILES string of the molecule is Nc1nc(CN2CCN(C(=O)CCc3ncc(-c4c(F)cccc4F)o3)CC2)nc2ccccc12. The molecular weight excluding hydrogens is 454 g/mol. The second kappa shape index (κ2) is 9.75. The Morgan fingerprint density at radius 1 is 1.00 bits per heavy atom. The fraction of sp³-hybridized carbons (Fsp3) is 0.280. The lowest BCUT2D eigenvalue weighted by molar-refractivity contribution is -0.133. The van der Waals surface area contributed by atoms with E-state index in [4.69, 9.17) is 10.2 Å². The van der Waals surface area contributed by atoms with E-state index in [2.05, 4.69) is 19.9 Å². The fourth-order valence-corrected chi connectivity index (χ4v) is 4.22.